The third-order valence-electron chi connectivity index (χ3n) is 2.67. The van der Waals surface area contributed by atoms with Crippen molar-refractivity contribution >= 4 is 20.6 Å². The monoisotopic (exact) mass is 290 g/mol. The van der Waals surface area contributed by atoms with Crippen LogP contribution in [0.2, 0.25) is 6.04 Å². The summed E-state index contributed by atoms with van der Waals surface area (Å²) in [6, 6.07) is 0.369. The summed E-state index contributed by atoms with van der Waals surface area (Å²) in [5.41, 5.74) is 0.339. The quantitative estimate of drug-likeness (QED) is 0.362. The van der Waals surface area contributed by atoms with Crippen molar-refractivity contribution in [2.24, 2.45) is 0 Å². The van der Waals surface area contributed by atoms with Gasteiger partial charge >= 0.3 is 14.8 Å². The predicted octanol–water partition coefficient (Wildman–Crippen LogP) is 1.33. The number of esters is 1. The maximum absolute atomic E-state index is 11.9. The van der Waals surface area contributed by atoms with E-state index in [1.165, 1.54) is 28.3 Å². The molecule has 0 saturated carbocycles. The summed E-state index contributed by atoms with van der Waals surface area (Å²) in [6.07, 6.45) is -0.602. The van der Waals surface area contributed by atoms with Gasteiger partial charge in [0.2, 0.25) is 0 Å². The van der Waals surface area contributed by atoms with Gasteiger partial charge in [-0.05, 0) is 18.9 Å². The highest BCUT2D eigenvalue weighted by atomic mass is 28.4. The number of ketones is 1. The first-order valence-corrected chi connectivity index (χ1v) is 7.77. The first kappa shape index (κ1) is 18.0. The molecule has 0 radical (unpaired) electrons. The maximum atomic E-state index is 11.9. The van der Waals surface area contributed by atoms with Crippen molar-refractivity contribution in [2.45, 2.75) is 32.4 Å². The molecule has 0 N–H and O–H groups in total. The molecule has 0 heterocycles. The van der Waals surface area contributed by atoms with Crippen molar-refractivity contribution < 1.29 is 27.6 Å². The zero-order valence-electron chi connectivity index (χ0n) is 12.1. The number of hydrogen-bond acceptors (Lipinski definition) is 6. The van der Waals surface area contributed by atoms with Crippen molar-refractivity contribution in [1.29, 1.82) is 0 Å². The van der Waals surface area contributed by atoms with Gasteiger partial charge in [0, 0.05) is 34.3 Å². The van der Waals surface area contributed by atoms with E-state index in [4.69, 9.17) is 18.0 Å². The molecule has 0 fully saturated rings. The van der Waals surface area contributed by atoms with E-state index in [9.17, 15) is 9.59 Å². The fraction of sp³-hybridized carbons (Fsp3) is 0.667. The van der Waals surface area contributed by atoms with Crippen LogP contribution in [0.25, 0.3) is 0 Å². The van der Waals surface area contributed by atoms with Crippen molar-refractivity contribution in [2.75, 3.05) is 21.3 Å². The first-order valence-electron chi connectivity index (χ1n) is 5.84. The number of rotatable bonds is 9. The summed E-state index contributed by atoms with van der Waals surface area (Å²) in [7, 11) is 1.68. The molecule has 0 spiro atoms. The number of carbonyl (C=O) groups is 2. The van der Waals surface area contributed by atoms with E-state index >= 15 is 0 Å². The summed E-state index contributed by atoms with van der Waals surface area (Å²) in [5.74, 6) is -0.819. The minimum absolute atomic E-state index is 0.271. The van der Waals surface area contributed by atoms with Crippen LogP contribution in [0, 0.1) is 0 Å². The summed E-state index contributed by atoms with van der Waals surface area (Å²) in [4.78, 5) is 22.9. The van der Waals surface area contributed by atoms with Gasteiger partial charge < -0.3 is 18.0 Å². The molecule has 7 heteroatoms. The standard InChI is InChI=1S/C12H22O6Si/c1-9(2)12(14)11(18-10(3)13)7-8-19(15-4,16-5)17-6/h11H,1,7-8H2,2-6H3. The molecule has 0 aromatic carbocycles. The highest BCUT2D eigenvalue weighted by molar-refractivity contribution is 6.60. The van der Waals surface area contributed by atoms with Gasteiger partial charge in [-0.3, -0.25) is 9.59 Å². The lowest BCUT2D eigenvalue weighted by molar-refractivity contribution is -0.152. The molecule has 6 nitrogen and oxygen atoms in total. The van der Waals surface area contributed by atoms with Crippen molar-refractivity contribution in [3.8, 4) is 0 Å². The molecule has 1 atom stereocenters. The molecular weight excluding hydrogens is 268 g/mol. The van der Waals surface area contributed by atoms with E-state index < -0.39 is 20.9 Å². The van der Waals surface area contributed by atoms with Gasteiger partial charge in [0.05, 0.1) is 0 Å². The van der Waals surface area contributed by atoms with Crippen LogP contribution in [0.3, 0.4) is 0 Å². The molecule has 0 aromatic rings. The second-order valence-corrected chi connectivity index (χ2v) is 7.17. The lowest BCUT2D eigenvalue weighted by Crippen LogP contribution is -2.44. The third-order valence-corrected chi connectivity index (χ3v) is 5.43. The summed E-state index contributed by atoms with van der Waals surface area (Å²) >= 11 is 0. The zero-order valence-corrected chi connectivity index (χ0v) is 13.1. The average molecular weight is 290 g/mol. The Labute approximate surface area is 115 Å². The Morgan fingerprint density at radius 2 is 1.58 bits per heavy atom. The van der Waals surface area contributed by atoms with Crippen molar-refractivity contribution in [1.82, 2.24) is 0 Å². The van der Waals surface area contributed by atoms with Gasteiger partial charge in [0.1, 0.15) is 0 Å². The van der Waals surface area contributed by atoms with Crippen molar-refractivity contribution in [3.63, 3.8) is 0 Å². The van der Waals surface area contributed by atoms with Gasteiger partial charge in [0.15, 0.2) is 11.9 Å². The van der Waals surface area contributed by atoms with Gasteiger partial charge in [-0.1, -0.05) is 6.58 Å². The highest BCUT2D eigenvalue weighted by Crippen LogP contribution is 2.19. The fourth-order valence-corrected chi connectivity index (χ4v) is 3.31. The molecule has 0 amide bonds. The molecule has 110 valence electrons. The minimum atomic E-state index is -2.79. The Morgan fingerprint density at radius 1 is 1.11 bits per heavy atom. The molecule has 1 unspecified atom stereocenters. The van der Waals surface area contributed by atoms with E-state index in [0.29, 0.717) is 11.6 Å². The van der Waals surface area contributed by atoms with Crippen LogP contribution in [0.1, 0.15) is 20.3 Å². The number of carbonyl (C=O) groups excluding carboxylic acids is 2. The summed E-state index contributed by atoms with van der Waals surface area (Å²) in [5, 5.41) is 0. The summed E-state index contributed by atoms with van der Waals surface area (Å²) < 4.78 is 20.8. The molecule has 0 rings (SSSR count). The summed E-state index contributed by atoms with van der Waals surface area (Å²) in [6.45, 7) is 6.40. The second-order valence-electron chi connectivity index (χ2n) is 4.08. The Hall–Kier alpha value is -1.02. The van der Waals surface area contributed by atoms with E-state index in [0.717, 1.165) is 0 Å². The second kappa shape index (κ2) is 8.21. The van der Waals surface area contributed by atoms with Crippen LogP contribution in [0.4, 0.5) is 0 Å². The van der Waals surface area contributed by atoms with Gasteiger partial charge in [-0.2, -0.15) is 0 Å². The minimum Gasteiger partial charge on any atom is -0.454 e. The zero-order chi connectivity index (χ0) is 15.1. The lowest BCUT2D eigenvalue weighted by atomic mass is 10.1. The molecule has 0 aromatic heterocycles. The Kier molecular flexibility index (Phi) is 7.77. The van der Waals surface area contributed by atoms with E-state index in [2.05, 4.69) is 6.58 Å². The maximum Gasteiger partial charge on any atom is 0.500 e. The van der Waals surface area contributed by atoms with Crippen LogP contribution >= 0.6 is 0 Å². The van der Waals surface area contributed by atoms with E-state index in [1.807, 2.05) is 0 Å². The molecule has 0 aliphatic heterocycles. The highest BCUT2D eigenvalue weighted by Gasteiger charge is 2.39. The lowest BCUT2D eigenvalue weighted by Gasteiger charge is -2.26. The number of ether oxygens (including phenoxy) is 1. The largest absolute Gasteiger partial charge is 0.500 e. The molecule has 0 bridgehead atoms. The molecule has 0 aliphatic rings. The smallest absolute Gasteiger partial charge is 0.454 e. The molecule has 0 aliphatic carbocycles. The average Bonchev–Trinajstić information content (AvgIpc) is 2.38. The van der Waals surface area contributed by atoms with Gasteiger partial charge in [-0.25, -0.2) is 0 Å². The predicted molar refractivity (Wildman–Crippen MR) is 71.6 cm³/mol. The van der Waals surface area contributed by atoms with E-state index in [-0.39, 0.29) is 12.2 Å². The van der Waals surface area contributed by atoms with Crippen LogP contribution < -0.4 is 0 Å². The third kappa shape index (κ3) is 5.64. The van der Waals surface area contributed by atoms with Crippen LogP contribution in [0.15, 0.2) is 12.2 Å². The Morgan fingerprint density at radius 3 is 1.89 bits per heavy atom. The molecular formula is C12H22O6Si. The van der Waals surface area contributed by atoms with E-state index in [1.54, 1.807) is 6.92 Å². The van der Waals surface area contributed by atoms with Crippen molar-refractivity contribution in [3.05, 3.63) is 12.2 Å². The van der Waals surface area contributed by atoms with Gasteiger partial charge in [0.25, 0.3) is 0 Å². The van der Waals surface area contributed by atoms with Crippen LogP contribution in [0.5, 0.6) is 0 Å². The number of hydrogen-bond donors (Lipinski definition) is 0. The van der Waals surface area contributed by atoms with Crippen LogP contribution in [-0.2, 0) is 27.6 Å². The Balaban J connectivity index is 4.78. The Bertz CT molecular complexity index is 329. The molecule has 19 heavy (non-hydrogen) atoms. The SMILES string of the molecule is C=C(C)C(=O)C(CC[Si](OC)(OC)OC)OC(C)=O. The normalized spacial score (nSPS) is 12.9. The first-order chi connectivity index (χ1) is 8.81. The number of Topliss-reactive ketones (excluding diaryl/α,β-unsaturated/α-hetero) is 1. The fourth-order valence-electron chi connectivity index (χ4n) is 1.58. The topological polar surface area (TPSA) is 71.1 Å². The van der Waals surface area contributed by atoms with Gasteiger partial charge in [-0.15, -0.1) is 0 Å². The van der Waals surface area contributed by atoms with Crippen LogP contribution in [-0.4, -0.2) is 48.0 Å². The molecule has 0 saturated heterocycles.